The predicted octanol–water partition coefficient (Wildman–Crippen LogP) is 4.42. The molecule has 21 heavy (non-hydrogen) atoms. The van der Waals surface area contributed by atoms with Gasteiger partial charge in [0.05, 0.1) is 16.1 Å². The standard InChI is InChI=1S/C17H18N2OS/c1-17(2,3)19-16(20)14-11-7-4-5-8-12(11)18-15(14)13-9-6-10-21-13/h4-10,18H,1-3H3,(H,19,20). The van der Waals surface area contributed by atoms with E-state index in [4.69, 9.17) is 0 Å². The lowest BCUT2D eigenvalue weighted by molar-refractivity contribution is 0.0922. The number of aromatic nitrogens is 1. The Labute approximate surface area is 128 Å². The van der Waals surface area contributed by atoms with Crippen LogP contribution in [0, 0.1) is 0 Å². The fourth-order valence-electron chi connectivity index (χ4n) is 2.39. The van der Waals surface area contributed by atoms with Crippen molar-refractivity contribution < 1.29 is 4.79 Å². The summed E-state index contributed by atoms with van der Waals surface area (Å²) in [6.07, 6.45) is 0. The highest BCUT2D eigenvalue weighted by Crippen LogP contribution is 2.33. The highest BCUT2D eigenvalue weighted by atomic mass is 32.1. The summed E-state index contributed by atoms with van der Waals surface area (Å²) >= 11 is 1.63. The smallest absolute Gasteiger partial charge is 0.254 e. The van der Waals surface area contributed by atoms with Crippen molar-refractivity contribution in [2.24, 2.45) is 0 Å². The van der Waals surface area contributed by atoms with Gasteiger partial charge < -0.3 is 10.3 Å². The molecule has 1 amide bonds. The lowest BCUT2D eigenvalue weighted by Crippen LogP contribution is -2.40. The molecule has 0 radical (unpaired) electrons. The maximum atomic E-state index is 12.7. The summed E-state index contributed by atoms with van der Waals surface area (Å²) in [6.45, 7) is 5.97. The minimum atomic E-state index is -0.262. The van der Waals surface area contributed by atoms with Crippen molar-refractivity contribution in [3.05, 3.63) is 47.3 Å². The Morgan fingerprint density at radius 1 is 1.14 bits per heavy atom. The minimum Gasteiger partial charge on any atom is -0.353 e. The first-order valence-corrected chi connectivity index (χ1v) is 7.81. The zero-order chi connectivity index (χ0) is 15.0. The Bertz CT molecular complexity index is 779. The second-order valence-electron chi connectivity index (χ2n) is 6.10. The molecule has 0 saturated heterocycles. The topological polar surface area (TPSA) is 44.9 Å². The SMILES string of the molecule is CC(C)(C)NC(=O)c1c(-c2cccs2)[nH]c2ccccc12. The van der Waals surface area contributed by atoms with Crippen molar-refractivity contribution >= 4 is 28.1 Å². The first-order valence-electron chi connectivity index (χ1n) is 6.93. The number of carbonyl (C=O) groups is 1. The number of hydrogen-bond donors (Lipinski definition) is 2. The number of aromatic amines is 1. The number of amides is 1. The Kier molecular flexibility index (Phi) is 3.33. The van der Waals surface area contributed by atoms with Gasteiger partial charge in [0.1, 0.15) is 0 Å². The Morgan fingerprint density at radius 2 is 1.90 bits per heavy atom. The summed E-state index contributed by atoms with van der Waals surface area (Å²) < 4.78 is 0. The van der Waals surface area contributed by atoms with Crippen LogP contribution in [0.1, 0.15) is 31.1 Å². The molecular formula is C17H18N2OS. The number of carbonyl (C=O) groups excluding carboxylic acids is 1. The molecule has 2 aromatic heterocycles. The predicted molar refractivity (Wildman–Crippen MR) is 88.8 cm³/mol. The van der Waals surface area contributed by atoms with E-state index in [0.717, 1.165) is 27.0 Å². The van der Waals surface area contributed by atoms with Crippen LogP contribution in [0.25, 0.3) is 21.5 Å². The van der Waals surface area contributed by atoms with E-state index in [1.807, 2.05) is 62.5 Å². The summed E-state index contributed by atoms with van der Waals surface area (Å²) in [5.41, 5.74) is 2.35. The first kappa shape index (κ1) is 13.9. The van der Waals surface area contributed by atoms with Gasteiger partial charge in [-0.1, -0.05) is 24.3 Å². The van der Waals surface area contributed by atoms with Crippen LogP contribution in [-0.4, -0.2) is 16.4 Å². The number of para-hydroxylation sites is 1. The van der Waals surface area contributed by atoms with Gasteiger partial charge in [-0.15, -0.1) is 11.3 Å². The molecule has 1 aromatic carbocycles. The number of fused-ring (bicyclic) bond motifs is 1. The van der Waals surface area contributed by atoms with Gasteiger partial charge in [-0.05, 0) is 38.3 Å². The number of hydrogen-bond acceptors (Lipinski definition) is 2. The molecule has 0 aliphatic carbocycles. The third kappa shape index (κ3) is 2.72. The summed E-state index contributed by atoms with van der Waals surface area (Å²) in [7, 11) is 0. The molecule has 3 nitrogen and oxygen atoms in total. The maximum Gasteiger partial charge on any atom is 0.254 e. The van der Waals surface area contributed by atoms with Crippen LogP contribution in [0.5, 0.6) is 0 Å². The van der Waals surface area contributed by atoms with Crippen molar-refractivity contribution in [3.63, 3.8) is 0 Å². The Morgan fingerprint density at radius 3 is 2.57 bits per heavy atom. The average Bonchev–Trinajstić information content (AvgIpc) is 3.03. The summed E-state index contributed by atoms with van der Waals surface area (Å²) in [4.78, 5) is 17.2. The van der Waals surface area contributed by atoms with Gasteiger partial charge in [0, 0.05) is 16.4 Å². The molecule has 0 atom stereocenters. The molecule has 108 valence electrons. The highest BCUT2D eigenvalue weighted by Gasteiger charge is 2.23. The van der Waals surface area contributed by atoms with E-state index in [-0.39, 0.29) is 11.4 Å². The molecule has 2 N–H and O–H groups in total. The van der Waals surface area contributed by atoms with E-state index in [9.17, 15) is 4.79 Å². The van der Waals surface area contributed by atoms with Gasteiger partial charge in [0.25, 0.3) is 5.91 Å². The van der Waals surface area contributed by atoms with E-state index in [1.165, 1.54) is 0 Å². The Balaban J connectivity index is 2.19. The molecule has 0 aliphatic rings. The van der Waals surface area contributed by atoms with Gasteiger partial charge in [0.15, 0.2) is 0 Å². The molecular weight excluding hydrogens is 280 g/mol. The molecule has 2 heterocycles. The second-order valence-corrected chi connectivity index (χ2v) is 7.05. The third-order valence-electron chi connectivity index (χ3n) is 3.19. The third-order valence-corrected chi connectivity index (χ3v) is 4.08. The van der Waals surface area contributed by atoms with Crippen molar-refractivity contribution in [1.29, 1.82) is 0 Å². The average molecular weight is 298 g/mol. The van der Waals surface area contributed by atoms with Crippen LogP contribution < -0.4 is 5.32 Å². The van der Waals surface area contributed by atoms with E-state index in [0.29, 0.717) is 0 Å². The van der Waals surface area contributed by atoms with Crippen molar-refractivity contribution in [2.45, 2.75) is 26.3 Å². The molecule has 3 rings (SSSR count). The monoisotopic (exact) mass is 298 g/mol. The molecule has 3 aromatic rings. The van der Waals surface area contributed by atoms with Gasteiger partial charge in [-0.3, -0.25) is 4.79 Å². The van der Waals surface area contributed by atoms with Crippen LogP contribution in [0.2, 0.25) is 0 Å². The van der Waals surface area contributed by atoms with Gasteiger partial charge in [0.2, 0.25) is 0 Å². The van der Waals surface area contributed by atoms with Crippen LogP contribution in [-0.2, 0) is 0 Å². The van der Waals surface area contributed by atoms with Gasteiger partial charge in [-0.25, -0.2) is 0 Å². The number of H-pyrrole nitrogens is 1. The fraction of sp³-hybridized carbons (Fsp3) is 0.235. The quantitative estimate of drug-likeness (QED) is 0.722. The van der Waals surface area contributed by atoms with E-state index < -0.39 is 0 Å². The maximum absolute atomic E-state index is 12.7. The van der Waals surface area contributed by atoms with Crippen molar-refractivity contribution in [2.75, 3.05) is 0 Å². The molecule has 0 spiro atoms. The molecule has 0 unspecified atom stereocenters. The lowest BCUT2D eigenvalue weighted by atomic mass is 10.1. The molecule has 4 heteroatoms. The number of thiophene rings is 1. The molecule has 0 bridgehead atoms. The first-order chi connectivity index (χ1) is 9.96. The normalized spacial score (nSPS) is 11.8. The van der Waals surface area contributed by atoms with Crippen LogP contribution >= 0.6 is 11.3 Å². The Hall–Kier alpha value is -2.07. The van der Waals surface area contributed by atoms with Crippen molar-refractivity contribution in [1.82, 2.24) is 10.3 Å². The second kappa shape index (κ2) is 5.04. The lowest BCUT2D eigenvalue weighted by Gasteiger charge is -2.20. The number of nitrogens with one attached hydrogen (secondary N) is 2. The summed E-state index contributed by atoms with van der Waals surface area (Å²) in [6, 6.07) is 12.0. The minimum absolute atomic E-state index is 0.0386. The molecule has 0 aliphatic heterocycles. The van der Waals surface area contributed by atoms with Crippen molar-refractivity contribution in [3.8, 4) is 10.6 Å². The molecule has 0 saturated carbocycles. The van der Waals surface area contributed by atoms with Crippen LogP contribution in [0.3, 0.4) is 0 Å². The largest absolute Gasteiger partial charge is 0.353 e. The summed E-state index contributed by atoms with van der Waals surface area (Å²) in [5, 5.41) is 6.04. The zero-order valence-corrected chi connectivity index (χ0v) is 13.2. The van der Waals surface area contributed by atoms with Crippen LogP contribution in [0.4, 0.5) is 0 Å². The van der Waals surface area contributed by atoms with Gasteiger partial charge in [-0.2, -0.15) is 0 Å². The molecule has 0 fully saturated rings. The summed E-state index contributed by atoms with van der Waals surface area (Å²) in [5.74, 6) is -0.0386. The van der Waals surface area contributed by atoms with E-state index in [2.05, 4.69) is 10.3 Å². The zero-order valence-electron chi connectivity index (χ0n) is 12.4. The number of benzene rings is 1. The van der Waals surface area contributed by atoms with Crippen LogP contribution in [0.15, 0.2) is 41.8 Å². The fourth-order valence-corrected chi connectivity index (χ4v) is 3.12. The van der Waals surface area contributed by atoms with E-state index in [1.54, 1.807) is 11.3 Å². The van der Waals surface area contributed by atoms with Gasteiger partial charge >= 0.3 is 0 Å². The number of rotatable bonds is 2. The van der Waals surface area contributed by atoms with E-state index >= 15 is 0 Å². The highest BCUT2D eigenvalue weighted by molar-refractivity contribution is 7.13.